The monoisotopic (exact) mass is 330 g/mol. The molecule has 2 N–H and O–H groups in total. The van der Waals surface area contributed by atoms with Gasteiger partial charge in [-0.2, -0.15) is 0 Å². The molecule has 0 aliphatic carbocycles. The quantitative estimate of drug-likeness (QED) is 0.849. The number of carboxylic acid groups (broad SMARTS) is 1. The Morgan fingerprint density at radius 3 is 2.46 bits per heavy atom. The van der Waals surface area contributed by atoms with Crippen LogP contribution < -0.4 is 5.32 Å². The van der Waals surface area contributed by atoms with Crippen molar-refractivity contribution in [3.8, 4) is 0 Å². The summed E-state index contributed by atoms with van der Waals surface area (Å²) in [6.45, 7) is 7.20. The van der Waals surface area contributed by atoms with Gasteiger partial charge in [-0.25, -0.2) is 0 Å². The average Bonchev–Trinajstić information content (AvgIpc) is 2.85. The lowest BCUT2D eigenvalue weighted by Crippen LogP contribution is -2.34. The predicted molar refractivity (Wildman–Crippen MR) is 88.7 cm³/mol. The second-order valence-electron chi connectivity index (χ2n) is 5.98. The van der Waals surface area contributed by atoms with Crippen LogP contribution in [0.4, 0.5) is 0 Å². The van der Waals surface area contributed by atoms with Crippen molar-refractivity contribution in [2.24, 2.45) is 0 Å². The molecule has 128 valence electrons. The van der Waals surface area contributed by atoms with Crippen LogP contribution in [0.2, 0.25) is 0 Å². The number of amides is 1. The van der Waals surface area contributed by atoms with E-state index in [0.29, 0.717) is 11.5 Å². The molecule has 0 fully saturated rings. The standard InChI is InChI=1S/C18H22N2O4/c1-10-7-5-6-8-14(10)15(9-16(21)22)19-18(23)11(2)17-12(3)20-24-13(17)4/h5-8,11,15H,9H2,1-4H3,(H,19,23)(H,21,22). The topological polar surface area (TPSA) is 92.4 Å². The fourth-order valence-corrected chi connectivity index (χ4v) is 2.93. The van der Waals surface area contributed by atoms with Gasteiger partial charge in [-0.1, -0.05) is 29.4 Å². The minimum Gasteiger partial charge on any atom is -0.481 e. The van der Waals surface area contributed by atoms with Crippen LogP contribution >= 0.6 is 0 Å². The third kappa shape index (κ3) is 3.82. The van der Waals surface area contributed by atoms with Crippen molar-refractivity contribution in [2.45, 2.75) is 46.1 Å². The van der Waals surface area contributed by atoms with Crippen LogP contribution in [-0.2, 0) is 9.59 Å². The van der Waals surface area contributed by atoms with Gasteiger partial charge in [0.05, 0.1) is 24.1 Å². The maximum absolute atomic E-state index is 12.6. The van der Waals surface area contributed by atoms with E-state index in [1.165, 1.54) is 0 Å². The summed E-state index contributed by atoms with van der Waals surface area (Å²) in [7, 11) is 0. The Hall–Kier alpha value is -2.63. The van der Waals surface area contributed by atoms with Crippen LogP contribution in [0.3, 0.4) is 0 Å². The fourth-order valence-electron chi connectivity index (χ4n) is 2.93. The van der Waals surface area contributed by atoms with Crippen LogP contribution in [0.25, 0.3) is 0 Å². The Kier molecular flexibility index (Phi) is 5.39. The van der Waals surface area contributed by atoms with E-state index in [1.807, 2.05) is 31.2 Å². The highest BCUT2D eigenvalue weighted by atomic mass is 16.5. The third-order valence-corrected chi connectivity index (χ3v) is 4.17. The molecule has 1 aromatic heterocycles. The molecule has 24 heavy (non-hydrogen) atoms. The van der Waals surface area contributed by atoms with E-state index in [0.717, 1.165) is 16.7 Å². The minimum atomic E-state index is -0.964. The smallest absolute Gasteiger partial charge is 0.305 e. The van der Waals surface area contributed by atoms with Crippen molar-refractivity contribution in [2.75, 3.05) is 0 Å². The molecule has 0 bridgehead atoms. The Morgan fingerprint density at radius 2 is 1.92 bits per heavy atom. The number of benzene rings is 1. The number of aliphatic carboxylic acids is 1. The number of carbonyl (C=O) groups excluding carboxylic acids is 1. The molecule has 2 aromatic rings. The largest absolute Gasteiger partial charge is 0.481 e. The van der Waals surface area contributed by atoms with E-state index in [4.69, 9.17) is 4.52 Å². The lowest BCUT2D eigenvalue weighted by molar-refractivity contribution is -0.137. The number of carbonyl (C=O) groups is 2. The van der Waals surface area contributed by atoms with E-state index < -0.39 is 17.9 Å². The van der Waals surface area contributed by atoms with Crippen molar-refractivity contribution in [1.29, 1.82) is 0 Å². The van der Waals surface area contributed by atoms with Crippen molar-refractivity contribution < 1.29 is 19.2 Å². The molecule has 0 radical (unpaired) electrons. The summed E-state index contributed by atoms with van der Waals surface area (Å²) in [5.74, 6) is -1.09. The molecule has 0 spiro atoms. The zero-order valence-corrected chi connectivity index (χ0v) is 14.3. The molecule has 2 unspecified atom stereocenters. The molecule has 2 rings (SSSR count). The molecular weight excluding hydrogens is 308 g/mol. The van der Waals surface area contributed by atoms with Crippen LogP contribution in [0.5, 0.6) is 0 Å². The van der Waals surface area contributed by atoms with Crippen molar-refractivity contribution in [3.63, 3.8) is 0 Å². The van der Waals surface area contributed by atoms with E-state index in [9.17, 15) is 14.7 Å². The van der Waals surface area contributed by atoms with Gasteiger partial charge in [0.1, 0.15) is 5.76 Å². The number of hydrogen-bond acceptors (Lipinski definition) is 4. The number of nitrogens with one attached hydrogen (secondary N) is 1. The van der Waals surface area contributed by atoms with Gasteiger partial charge in [-0.05, 0) is 38.8 Å². The summed E-state index contributed by atoms with van der Waals surface area (Å²) in [5, 5.41) is 15.9. The molecule has 0 aliphatic rings. The molecule has 1 aromatic carbocycles. The maximum atomic E-state index is 12.6. The number of carboxylic acids is 1. The lowest BCUT2D eigenvalue weighted by Gasteiger charge is -2.21. The molecule has 0 aliphatic heterocycles. The maximum Gasteiger partial charge on any atom is 0.305 e. The summed E-state index contributed by atoms with van der Waals surface area (Å²) < 4.78 is 5.12. The highest BCUT2D eigenvalue weighted by molar-refractivity contribution is 5.84. The lowest BCUT2D eigenvalue weighted by atomic mass is 9.95. The molecule has 2 atom stereocenters. The van der Waals surface area contributed by atoms with Gasteiger partial charge in [0.2, 0.25) is 5.91 Å². The molecule has 0 saturated carbocycles. The van der Waals surface area contributed by atoms with Gasteiger partial charge in [0.15, 0.2) is 0 Å². The van der Waals surface area contributed by atoms with E-state index in [1.54, 1.807) is 20.8 Å². The van der Waals surface area contributed by atoms with Crippen molar-refractivity contribution in [1.82, 2.24) is 10.5 Å². The van der Waals surface area contributed by atoms with E-state index >= 15 is 0 Å². The highest BCUT2D eigenvalue weighted by Crippen LogP contribution is 2.26. The number of nitrogens with zero attached hydrogens (tertiary/aromatic N) is 1. The first-order chi connectivity index (χ1) is 11.3. The predicted octanol–water partition coefficient (Wildman–Crippen LogP) is 3.04. The minimum absolute atomic E-state index is 0.176. The Labute approximate surface area is 140 Å². The van der Waals surface area contributed by atoms with Crippen LogP contribution in [0.15, 0.2) is 28.8 Å². The Bertz CT molecular complexity index is 732. The van der Waals surface area contributed by atoms with E-state index in [-0.39, 0.29) is 12.3 Å². The fraction of sp³-hybridized carbons (Fsp3) is 0.389. The first-order valence-corrected chi connectivity index (χ1v) is 7.81. The number of aryl methyl sites for hydroxylation is 3. The molecule has 6 heteroatoms. The molecule has 1 amide bonds. The normalized spacial score (nSPS) is 13.3. The summed E-state index contributed by atoms with van der Waals surface area (Å²) in [6, 6.07) is 6.86. The Morgan fingerprint density at radius 1 is 1.25 bits per heavy atom. The molecule has 6 nitrogen and oxygen atoms in total. The third-order valence-electron chi connectivity index (χ3n) is 4.17. The number of aromatic nitrogens is 1. The van der Waals surface area contributed by atoms with E-state index in [2.05, 4.69) is 10.5 Å². The first-order valence-electron chi connectivity index (χ1n) is 7.81. The summed E-state index contributed by atoms with van der Waals surface area (Å²) >= 11 is 0. The number of hydrogen-bond donors (Lipinski definition) is 2. The van der Waals surface area contributed by atoms with Gasteiger partial charge in [0, 0.05) is 5.56 Å². The second kappa shape index (κ2) is 7.29. The highest BCUT2D eigenvalue weighted by Gasteiger charge is 2.26. The van der Waals surface area contributed by atoms with Gasteiger partial charge in [-0.3, -0.25) is 9.59 Å². The summed E-state index contributed by atoms with van der Waals surface area (Å²) in [6.07, 6.45) is -0.176. The van der Waals surface area contributed by atoms with Crippen LogP contribution in [0.1, 0.15) is 53.4 Å². The first kappa shape index (κ1) is 17.7. The molecule has 0 saturated heterocycles. The summed E-state index contributed by atoms with van der Waals surface area (Å²) in [4.78, 5) is 23.9. The van der Waals surface area contributed by atoms with Gasteiger partial charge in [0.25, 0.3) is 0 Å². The van der Waals surface area contributed by atoms with Gasteiger partial charge in [-0.15, -0.1) is 0 Å². The zero-order chi connectivity index (χ0) is 17.9. The molecular formula is C18H22N2O4. The van der Waals surface area contributed by atoms with Crippen molar-refractivity contribution >= 4 is 11.9 Å². The Balaban J connectivity index is 2.25. The SMILES string of the molecule is Cc1ccccc1C(CC(=O)O)NC(=O)C(C)c1c(C)noc1C. The zero-order valence-electron chi connectivity index (χ0n) is 14.3. The molecule has 1 heterocycles. The van der Waals surface area contributed by atoms with Crippen LogP contribution in [0, 0.1) is 20.8 Å². The summed E-state index contributed by atoms with van der Waals surface area (Å²) in [5.41, 5.74) is 3.15. The van der Waals surface area contributed by atoms with Crippen LogP contribution in [-0.4, -0.2) is 22.1 Å². The van der Waals surface area contributed by atoms with Crippen molar-refractivity contribution in [3.05, 3.63) is 52.4 Å². The van der Waals surface area contributed by atoms with Gasteiger partial charge >= 0.3 is 5.97 Å². The number of rotatable bonds is 6. The second-order valence-corrected chi connectivity index (χ2v) is 5.98. The van der Waals surface area contributed by atoms with Gasteiger partial charge < -0.3 is 14.9 Å². The average molecular weight is 330 g/mol.